The molecule has 1 aliphatic heterocycles. The van der Waals surface area contributed by atoms with Crippen LogP contribution in [0, 0.1) is 17.7 Å². The monoisotopic (exact) mass is 359 g/mol. The Balaban J connectivity index is 1.95. The third-order valence-electron chi connectivity index (χ3n) is 4.19. The number of ketones is 1. The van der Waals surface area contributed by atoms with Gasteiger partial charge < -0.3 is 9.47 Å². The van der Waals surface area contributed by atoms with Crippen molar-refractivity contribution in [3.05, 3.63) is 29.6 Å². The van der Waals surface area contributed by atoms with Gasteiger partial charge >= 0.3 is 0 Å². The first kappa shape index (κ1) is 18.8. The Morgan fingerprint density at radius 3 is 2.79 bits per heavy atom. The molecule has 1 saturated heterocycles. The number of ether oxygens (including phenoxy) is 2. The molecule has 6 nitrogen and oxygen atoms in total. The highest BCUT2D eigenvalue weighted by Gasteiger charge is 2.27. The molecule has 1 fully saturated rings. The largest absolute Gasteiger partial charge is 0.493 e. The van der Waals surface area contributed by atoms with Crippen molar-refractivity contribution in [2.75, 3.05) is 25.6 Å². The average Bonchev–Trinajstić information content (AvgIpc) is 2.50. The number of primary sulfonamides is 1. The topological polar surface area (TPSA) is 95.7 Å². The third-order valence-corrected chi connectivity index (χ3v) is 4.99. The summed E-state index contributed by atoms with van der Waals surface area (Å²) in [6, 6.07) is 4.12. The minimum atomic E-state index is -3.50. The summed E-state index contributed by atoms with van der Waals surface area (Å²) in [6.45, 7) is 2.62. The van der Waals surface area contributed by atoms with Crippen molar-refractivity contribution in [2.45, 2.75) is 19.8 Å². The van der Waals surface area contributed by atoms with Crippen LogP contribution in [0.15, 0.2) is 18.2 Å². The summed E-state index contributed by atoms with van der Waals surface area (Å²) < 4.78 is 47.1. The van der Waals surface area contributed by atoms with E-state index in [1.807, 2.05) is 0 Å². The molecule has 2 rings (SSSR count). The van der Waals surface area contributed by atoms with Gasteiger partial charge in [-0.2, -0.15) is 0 Å². The lowest BCUT2D eigenvalue weighted by atomic mass is 9.87. The van der Waals surface area contributed by atoms with Crippen LogP contribution in [0.25, 0.3) is 0 Å². The molecule has 24 heavy (non-hydrogen) atoms. The predicted octanol–water partition coefficient (Wildman–Crippen LogP) is 1.74. The molecule has 0 bridgehead atoms. The summed E-state index contributed by atoms with van der Waals surface area (Å²) in [5, 5.41) is 5.06. The number of hydrogen-bond acceptors (Lipinski definition) is 5. The Hall–Kier alpha value is -1.51. The molecule has 0 radical (unpaired) electrons. The van der Waals surface area contributed by atoms with E-state index in [2.05, 4.69) is 0 Å². The fourth-order valence-corrected chi connectivity index (χ4v) is 3.43. The zero-order valence-electron chi connectivity index (χ0n) is 13.5. The molecule has 1 aromatic carbocycles. The number of nitrogens with two attached hydrogens (primary N) is 1. The zero-order valence-corrected chi connectivity index (χ0v) is 14.4. The summed E-state index contributed by atoms with van der Waals surface area (Å²) in [7, 11) is -3.50. The Morgan fingerprint density at radius 1 is 1.42 bits per heavy atom. The number of halogens is 1. The second-order valence-corrected chi connectivity index (χ2v) is 7.78. The SMILES string of the molecule is CC(=O)c1ccc(OCC2COCCC2CCS(N)(=O)=O)cc1F. The molecule has 2 atom stereocenters. The van der Waals surface area contributed by atoms with Crippen LogP contribution >= 0.6 is 0 Å². The van der Waals surface area contributed by atoms with E-state index in [4.69, 9.17) is 14.6 Å². The molecule has 1 aromatic rings. The van der Waals surface area contributed by atoms with Crippen LogP contribution in [-0.4, -0.2) is 39.8 Å². The van der Waals surface area contributed by atoms with Crippen molar-refractivity contribution in [1.29, 1.82) is 0 Å². The number of rotatable bonds is 7. The third kappa shape index (κ3) is 5.54. The van der Waals surface area contributed by atoms with Gasteiger partial charge in [-0.3, -0.25) is 4.79 Å². The fraction of sp³-hybridized carbons (Fsp3) is 0.562. The van der Waals surface area contributed by atoms with E-state index >= 15 is 0 Å². The van der Waals surface area contributed by atoms with Gasteiger partial charge in [-0.15, -0.1) is 0 Å². The molecule has 0 aromatic heterocycles. The molecule has 0 amide bonds. The van der Waals surface area contributed by atoms with Crippen LogP contribution in [0.1, 0.15) is 30.1 Å². The van der Waals surface area contributed by atoms with Crippen LogP contribution in [0.3, 0.4) is 0 Å². The molecule has 0 saturated carbocycles. The van der Waals surface area contributed by atoms with Gasteiger partial charge in [0.15, 0.2) is 5.78 Å². The molecule has 134 valence electrons. The number of sulfonamides is 1. The molecule has 0 spiro atoms. The zero-order chi connectivity index (χ0) is 17.7. The van der Waals surface area contributed by atoms with Gasteiger partial charge in [0.2, 0.25) is 10.0 Å². The summed E-state index contributed by atoms with van der Waals surface area (Å²) in [5.74, 6) is -0.577. The van der Waals surface area contributed by atoms with E-state index < -0.39 is 15.8 Å². The molecule has 1 heterocycles. The fourth-order valence-electron chi connectivity index (χ4n) is 2.80. The van der Waals surface area contributed by atoms with Crippen molar-refractivity contribution < 1.29 is 27.1 Å². The molecule has 2 unspecified atom stereocenters. The van der Waals surface area contributed by atoms with Gasteiger partial charge in [-0.25, -0.2) is 17.9 Å². The smallest absolute Gasteiger partial charge is 0.209 e. The molecule has 8 heteroatoms. The Bertz CT molecular complexity index is 692. The second kappa shape index (κ2) is 8.04. The van der Waals surface area contributed by atoms with E-state index in [1.165, 1.54) is 19.1 Å². The summed E-state index contributed by atoms with van der Waals surface area (Å²) in [5.41, 5.74) is 0.0226. The highest BCUT2D eigenvalue weighted by Crippen LogP contribution is 2.27. The first-order chi connectivity index (χ1) is 11.3. The van der Waals surface area contributed by atoms with E-state index in [9.17, 15) is 17.6 Å². The first-order valence-corrected chi connectivity index (χ1v) is 9.49. The van der Waals surface area contributed by atoms with E-state index in [1.54, 1.807) is 6.07 Å². The lowest BCUT2D eigenvalue weighted by Crippen LogP contribution is -2.34. The maximum atomic E-state index is 13.8. The Labute approximate surface area is 141 Å². The van der Waals surface area contributed by atoms with Crippen LogP contribution in [0.5, 0.6) is 5.75 Å². The lowest BCUT2D eigenvalue weighted by molar-refractivity contribution is -0.00321. The maximum absolute atomic E-state index is 13.8. The number of hydrogen-bond donors (Lipinski definition) is 1. The van der Waals surface area contributed by atoms with Crippen LogP contribution in [0.2, 0.25) is 0 Å². The Morgan fingerprint density at radius 2 is 2.17 bits per heavy atom. The minimum Gasteiger partial charge on any atom is -0.493 e. The summed E-state index contributed by atoms with van der Waals surface area (Å²) >= 11 is 0. The second-order valence-electron chi connectivity index (χ2n) is 6.05. The van der Waals surface area contributed by atoms with Crippen molar-refractivity contribution in [3.8, 4) is 5.75 Å². The number of carbonyl (C=O) groups excluding carboxylic acids is 1. The van der Waals surface area contributed by atoms with Gasteiger partial charge in [0.05, 0.1) is 24.5 Å². The highest BCUT2D eigenvalue weighted by atomic mass is 32.2. The van der Waals surface area contributed by atoms with Gasteiger partial charge in [-0.05, 0) is 37.8 Å². The van der Waals surface area contributed by atoms with Gasteiger partial charge in [0.1, 0.15) is 11.6 Å². The summed E-state index contributed by atoms with van der Waals surface area (Å²) in [6.07, 6.45) is 1.19. The molecule has 0 aliphatic carbocycles. The van der Waals surface area contributed by atoms with E-state index in [0.29, 0.717) is 25.4 Å². The van der Waals surface area contributed by atoms with Crippen molar-refractivity contribution >= 4 is 15.8 Å². The van der Waals surface area contributed by atoms with Crippen molar-refractivity contribution in [1.82, 2.24) is 0 Å². The Kier molecular flexibility index (Phi) is 6.31. The van der Waals surface area contributed by atoms with Crippen LogP contribution < -0.4 is 9.88 Å². The van der Waals surface area contributed by atoms with Gasteiger partial charge in [0, 0.05) is 18.6 Å². The standard InChI is InChI=1S/C16H22FNO5S/c1-11(19)15-3-2-14(8-16(15)17)23-10-13-9-22-6-4-12(13)5-7-24(18,20)21/h2-3,8,12-13H,4-7,9-10H2,1H3,(H2,18,20,21). The average molecular weight is 359 g/mol. The van der Waals surface area contributed by atoms with Crippen molar-refractivity contribution in [2.24, 2.45) is 17.0 Å². The molecule has 2 N–H and O–H groups in total. The number of benzene rings is 1. The molecule has 1 aliphatic rings. The van der Waals surface area contributed by atoms with Gasteiger partial charge in [0.25, 0.3) is 0 Å². The maximum Gasteiger partial charge on any atom is 0.209 e. The number of Topliss-reactive ketones (excluding diaryl/α,β-unsaturated/α-hetero) is 1. The predicted molar refractivity (Wildman–Crippen MR) is 86.9 cm³/mol. The normalized spacial score (nSPS) is 21.5. The van der Waals surface area contributed by atoms with Crippen LogP contribution in [0.4, 0.5) is 4.39 Å². The quantitative estimate of drug-likeness (QED) is 0.748. The van der Waals surface area contributed by atoms with E-state index in [-0.39, 0.29) is 35.5 Å². The van der Waals surface area contributed by atoms with E-state index in [0.717, 1.165) is 6.42 Å². The summed E-state index contributed by atoms with van der Waals surface area (Å²) in [4.78, 5) is 11.2. The minimum absolute atomic E-state index is 0.0102. The highest BCUT2D eigenvalue weighted by molar-refractivity contribution is 7.89. The number of carbonyl (C=O) groups is 1. The lowest BCUT2D eigenvalue weighted by Gasteiger charge is -2.31. The first-order valence-electron chi connectivity index (χ1n) is 7.78. The molecular weight excluding hydrogens is 337 g/mol. The van der Waals surface area contributed by atoms with Crippen LogP contribution in [-0.2, 0) is 14.8 Å². The van der Waals surface area contributed by atoms with Gasteiger partial charge in [-0.1, -0.05) is 0 Å². The van der Waals surface area contributed by atoms with Crippen molar-refractivity contribution in [3.63, 3.8) is 0 Å². The molecular formula is C16H22FNO5S.